The van der Waals surface area contributed by atoms with Crippen molar-refractivity contribution < 1.29 is 18.6 Å². The summed E-state index contributed by atoms with van der Waals surface area (Å²) in [7, 11) is -1.32. The Morgan fingerprint density at radius 2 is 1.84 bits per heavy atom. The highest BCUT2D eigenvalue weighted by Crippen LogP contribution is 2.45. The van der Waals surface area contributed by atoms with E-state index in [9.17, 15) is 4.57 Å². The van der Waals surface area contributed by atoms with Gasteiger partial charge in [-0.15, -0.1) is 0 Å². The molecule has 44 heavy (non-hydrogen) atoms. The Labute approximate surface area is 254 Å². The topological polar surface area (TPSA) is 158 Å². The van der Waals surface area contributed by atoms with Crippen LogP contribution >= 0.6 is 7.37 Å². The molecule has 1 atom stereocenters. The third-order valence-electron chi connectivity index (χ3n) is 6.89. The number of aryl methyl sites for hydroxylation is 1. The van der Waals surface area contributed by atoms with Gasteiger partial charge in [0, 0.05) is 68.5 Å². The molecule has 0 amide bonds. The SMILES string of the molecule is COc1cc(C2CNCCO2)c(-c2cncnc2)cc1Nc1ncc(C)c(Nc2ccc3nccnc3c2OP(C)(C)=O)n1. The minimum atomic E-state index is -2.93. The van der Waals surface area contributed by atoms with E-state index < -0.39 is 7.37 Å². The largest absolute Gasteiger partial charge is 0.495 e. The Morgan fingerprint density at radius 1 is 1.02 bits per heavy atom. The Kier molecular flexibility index (Phi) is 8.34. The van der Waals surface area contributed by atoms with Gasteiger partial charge in [0.05, 0.1) is 36.7 Å². The van der Waals surface area contributed by atoms with E-state index in [0.29, 0.717) is 58.8 Å². The van der Waals surface area contributed by atoms with Crippen molar-refractivity contribution in [1.29, 1.82) is 0 Å². The van der Waals surface area contributed by atoms with Crippen molar-refractivity contribution in [3.63, 3.8) is 0 Å². The maximum atomic E-state index is 12.7. The fourth-order valence-corrected chi connectivity index (χ4v) is 5.51. The van der Waals surface area contributed by atoms with E-state index in [1.54, 1.807) is 57.5 Å². The molecule has 1 unspecified atom stereocenters. The number of hydrogen-bond acceptors (Lipinski definition) is 13. The van der Waals surface area contributed by atoms with Gasteiger partial charge in [0.2, 0.25) is 13.3 Å². The summed E-state index contributed by atoms with van der Waals surface area (Å²) >= 11 is 0. The quantitative estimate of drug-likeness (QED) is 0.185. The first kappa shape index (κ1) is 29.4. The number of ether oxygens (including phenoxy) is 2. The van der Waals surface area contributed by atoms with Gasteiger partial charge in [0.15, 0.2) is 5.75 Å². The van der Waals surface area contributed by atoms with Crippen molar-refractivity contribution in [2.75, 3.05) is 50.8 Å². The van der Waals surface area contributed by atoms with E-state index in [-0.39, 0.29) is 6.10 Å². The number of hydrogen-bond donors (Lipinski definition) is 3. The van der Waals surface area contributed by atoms with Crippen LogP contribution in [0.1, 0.15) is 17.2 Å². The van der Waals surface area contributed by atoms with E-state index >= 15 is 0 Å². The molecule has 0 saturated carbocycles. The van der Waals surface area contributed by atoms with Crippen molar-refractivity contribution in [3.05, 3.63) is 72.7 Å². The Hall–Kier alpha value is -4.71. The number of nitrogens with zero attached hydrogens (tertiary/aromatic N) is 6. The number of anilines is 4. The molecular formula is C30H32N9O4P. The maximum Gasteiger partial charge on any atom is 0.242 e. The highest BCUT2D eigenvalue weighted by Gasteiger charge is 2.24. The van der Waals surface area contributed by atoms with Gasteiger partial charge in [0.25, 0.3) is 0 Å². The predicted octanol–water partition coefficient (Wildman–Crippen LogP) is 5.26. The first-order valence-electron chi connectivity index (χ1n) is 13.9. The molecule has 0 spiro atoms. The lowest BCUT2D eigenvalue weighted by molar-refractivity contribution is 0.0279. The lowest BCUT2D eigenvalue weighted by Crippen LogP contribution is -2.33. The normalized spacial score (nSPS) is 15.1. The lowest BCUT2D eigenvalue weighted by atomic mass is 9.96. The first-order chi connectivity index (χ1) is 21.3. The minimum Gasteiger partial charge on any atom is -0.495 e. The second kappa shape index (κ2) is 12.5. The molecule has 3 N–H and O–H groups in total. The van der Waals surface area contributed by atoms with Crippen LogP contribution in [0.25, 0.3) is 22.2 Å². The fourth-order valence-electron chi connectivity index (χ4n) is 4.88. The molecule has 0 bridgehead atoms. The predicted molar refractivity (Wildman–Crippen MR) is 169 cm³/mol. The van der Waals surface area contributed by atoms with Gasteiger partial charge in [-0.05, 0) is 42.3 Å². The fraction of sp³-hybridized carbons (Fsp3) is 0.267. The third-order valence-corrected chi connectivity index (χ3v) is 7.52. The molecule has 2 aromatic carbocycles. The summed E-state index contributed by atoms with van der Waals surface area (Å²) in [6.45, 7) is 7.07. The zero-order valence-corrected chi connectivity index (χ0v) is 25.6. The standard InChI is InChI=1S/C30H32N9O4P/c1-18-13-36-30(39-29(18)37-23-6-5-22-27(35-8-7-34-22)28(23)43-44(3,4)40)38-24-11-20(19-14-32-17-33-15-19)21(12-25(24)41-2)26-16-31-9-10-42-26/h5-8,11-15,17,26,31H,9-10,16H2,1-4H3,(H2,36,37,38,39). The van der Waals surface area contributed by atoms with E-state index in [0.717, 1.165) is 28.8 Å². The van der Waals surface area contributed by atoms with Crippen LogP contribution in [0.3, 0.4) is 0 Å². The summed E-state index contributed by atoms with van der Waals surface area (Å²) < 4.78 is 30.5. The third kappa shape index (κ3) is 6.45. The van der Waals surface area contributed by atoms with E-state index in [1.807, 2.05) is 25.1 Å². The van der Waals surface area contributed by atoms with Gasteiger partial charge >= 0.3 is 0 Å². The molecule has 1 aliphatic rings. The van der Waals surface area contributed by atoms with Gasteiger partial charge in [-0.1, -0.05) is 0 Å². The van der Waals surface area contributed by atoms with Crippen LogP contribution in [0, 0.1) is 6.92 Å². The highest BCUT2D eigenvalue weighted by molar-refractivity contribution is 7.57. The second-order valence-corrected chi connectivity index (χ2v) is 13.2. The Morgan fingerprint density at radius 3 is 2.59 bits per heavy atom. The molecule has 4 heterocycles. The Bertz CT molecular complexity index is 1850. The molecule has 5 aromatic rings. The Balaban J connectivity index is 1.37. The molecule has 0 aliphatic carbocycles. The summed E-state index contributed by atoms with van der Waals surface area (Å²) in [6, 6.07) is 7.55. The van der Waals surface area contributed by atoms with Crippen LogP contribution < -0.4 is 25.2 Å². The van der Waals surface area contributed by atoms with Gasteiger partial charge < -0.3 is 29.9 Å². The molecular weight excluding hydrogens is 581 g/mol. The van der Waals surface area contributed by atoms with Gasteiger partial charge in [-0.25, -0.2) is 19.9 Å². The second-order valence-electron chi connectivity index (χ2n) is 10.5. The van der Waals surface area contributed by atoms with Crippen LogP contribution in [0.2, 0.25) is 0 Å². The number of fused-ring (bicyclic) bond motifs is 1. The molecule has 226 valence electrons. The molecule has 0 radical (unpaired) electrons. The maximum absolute atomic E-state index is 12.7. The summed E-state index contributed by atoms with van der Waals surface area (Å²) in [4.78, 5) is 26.5. The zero-order valence-electron chi connectivity index (χ0n) is 24.7. The summed E-state index contributed by atoms with van der Waals surface area (Å²) in [6.07, 6.45) is 9.73. The summed E-state index contributed by atoms with van der Waals surface area (Å²) in [5, 5.41) is 10.0. The van der Waals surface area contributed by atoms with E-state index in [4.69, 9.17) is 19.0 Å². The average molecular weight is 614 g/mol. The van der Waals surface area contributed by atoms with Gasteiger partial charge in [-0.2, -0.15) is 4.98 Å². The van der Waals surface area contributed by atoms with Gasteiger partial charge in [0.1, 0.15) is 23.4 Å². The smallest absolute Gasteiger partial charge is 0.242 e. The van der Waals surface area contributed by atoms with Crippen molar-refractivity contribution in [1.82, 2.24) is 35.2 Å². The van der Waals surface area contributed by atoms with Crippen molar-refractivity contribution >= 4 is 41.5 Å². The van der Waals surface area contributed by atoms with Gasteiger partial charge in [-0.3, -0.25) is 9.55 Å². The minimum absolute atomic E-state index is 0.169. The van der Waals surface area contributed by atoms with Crippen molar-refractivity contribution in [2.45, 2.75) is 13.0 Å². The summed E-state index contributed by atoms with van der Waals surface area (Å²) in [5.74, 6) is 1.78. The van der Waals surface area contributed by atoms with Crippen molar-refractivity contribution in [3.8, 4) is 22.6 Å². The summed E-state index contributed by atoms with van der Waals surface area (Å²) in [5.41, 5.74) is 5.78. The van der Waals surface area contributed by atoms with E-state index in [1.165, 1.54) is 6.33 Å². The lowest BCUT2D eigenvalue weighted by Gasteiger charge is -2.27. The molecule has 3 aromatic heterocycles. The zero-order chi connectivity index (χ0) is 30.7. The van der Waals surface area contributed by atoms with Crippen LogP contribution in [0.15, 0.2) is 61.6 Å². The highest BCUT2D eigenvalue weighted by atomic mass is 31.2. The molecule has 6 rings (SSSR count). The van der Waals surface area contributed by atoms with Crippen LogP contribution in [-0.2, 0) is 9.30 Å². The number of benzene rings is 2. The molecule has 14 heteroatoms. The molecule has 1 aliphatic heterocycles. The van der Waals surface area contributed by atoms with Crippen LogP contribution in [0.4, 0.5) is 23.1 Å². The monoisotopic (exact) mass is 613 g/mol. The van der Waals surface area contributed by atoms with E-state index in [2.05, 4.69) is 40.9 Å². The number of morpholine rings is 1. The van der Waals surface area contributed by atoms with Crippen LogP contribution in [-0.4, -0.2) is 70.0 Å². The average Bonchev–Trinajstić information content (AvgIpc) is 3.03. The van der Waals surface area contributed by atoms with Crippen LogP contribution in [0.5, 0.6) is 11.5 Å². The molecule has 1 saturated heterocycles. The molecule has 13 nitrogen and oxygen atoms in total. The number of methoxy groups -OCH3 is 1. The first-order valence-corrected chi connectivity index (χ1v) is 16.5. The number of nitrogens with one attached hydrogen (secondary N) is 3. The molecule has 1 fully saturated rings. The number of rotatable bonds is 9. The van der Waals surface area contributed by atoms with Crippen molar-refractivity contribution in [2.24, 2.45) is 0 Å². The number of aromatic nitrogens is 6.